The van der Waals surface area contributed by atoms with Crippen molar-refractivity contribution in [2.45, 2.75) is 19.5 Å². The lowest BCUT2D eigenvalue weighted by Crippen LogP contribution is -2.34. The van der Waals surface area contributed by atoms with E-state index in [9.17, 15) is 9.59 Å². The molecule has 0 radical (unpaired) electrons. The van der Waals surface area contributed by atoms with Crippen molar-refractivity contribution in [3.8, 4) is 0 Å². The Bertz CT molecular complexity index is 1030. The summed E-state index contributed by atoms with van der Waals surface area (Å²) in [7, 11) is 0. The first-order valence-corrected chi connectivity index (χ1v) is 9.85. The number of fused-ring (bicyclic) bond motifs is 2. The first-order chi connectivity index (χ1) is 13.7. The average Bonchev–Trinajstić information content (AvgIpc) is 3.37. The van der Waals surface area contributed by atoms with Gasteiger partial charge in [-0.25, -0.2) is 14.2 Å². The highest BCUT2D eigenvalue weighted by Crippen LogP contribution is 2.24. The summed E-state index contributed by atoms with van der Waals surface area (Å²) in [4.78, 5) is 27.2. The van der Waals surface area contributed by atoms with E-state index in [0.717, 1.165) is 39.4 Å². The van der Waals surface area contributed by atoms with Crippen molar-refractivity contribution < 1.29 is 9.59 Å². The maximum atomic E-state index is 12.7. The van der Waals surface area contributed by atoms with Gasteiger partial charge < -0.3 is 15.5 Å². The molecule has 2 aromatic rings. The number of aromatic nitrogens is 1. The predicted molar refractivity (Wildman–Crippen MR) is 107 cm³/mol. The van der Waals surface area contributed by atoms with Gasteiger partial charge in [-0.2, -0.15) is 5.10 Å². The van der Waals surface area contributed by atoms with Gasteiger partial charge >= 0.3 is 6.03 Å². The van der Waals surface area contributed by atoms with Gasteiger partial charge in [0.1, 0.15) is 0 Å². The molecule has 9 heteroatoms. The molecule has 0 aliphatic carbocycles. The Morgan fingerprint density at radius 1 is 1.29 bits per heavy atom. The van der Waals surface area contributed by atoms with Crippen LogP contribution in [0.25, 0.3) is 6.08 Å². The van der Waals surface area contributed by atoms with E-state index in [-0.39, 0.29) is 11.9 Å². The maximum absolute atomic E-state index is 12.7. The Balaban J connectivity index is 1.27. The molecule has 28 heavy (non-hydrogen) atoms. The van der Waals surface area contributed by atoms with Crippen LogP contribution in [0.3, 0.4) is 0 Å². The fourth-order valence-electron chi connectivity index (χ4n) is 3.56. The number of carbonyl (C=O) groups is 2. The molecule has 5 rings (SSSR count). The Kier molecular flexibility index (Phi) is 4.09. The minimum absolute atomic E-state index is 0.0156. The number of hydrogen-bond acceptors (Lipinski definition) is 6. The smallest absolute Gasteiger partial charge is 0.319 e. The van der Waals surface area contributed by atoms with Crippen LogP contribution < -0.4 is 10.6 Å². The molecular formula is C19H18N6O2S. The van der Waals surface area contributed by atoms with E-state index in [1.165, 1.54) is 11.5 Å². The van der Waals surface area contributed by atoms with Gasteiger partial charge in [0.05, 0.1) is 23.7 Å². The number of carbonyl (C=O) groups excluding carboxylic acids is 2. The quantitative estimate of drug-likeness (QED) is 0.835. The van der Waals surface area contributed by atoms with E-state index in [1.807, 2.05) is 41.6 Å². The molecule has 0 saturated heterocycles. The number of benzene rings is 1. The van der Waals surface area contributed by atoms with Crippen molar-refractivity contribution >= 4 is 40.9 Å². The highest BCUT2D eigenvalue weighted by Gasteiger charge is 2.25. The molecule has 2 N–H and O–H groups in total. The van der Waals surface area contributed by atoms with Gasteiger partial charge in [-0.15, -0.1) is 0 Å². The first-order valence-electron chi connectivity index (χ1n) is 9.07. The summed E-state index contributed by atoms with van der Waals surface area (Å²) in [6.45, 7) is 2.07. The third-order valence-corrected chi connectivity index (χ3v) is 5.85. The minimum Gasteiger partial charge on any atom is -0.364 e. The van der Waals surface area contributed by atoms with Crippen LogP contribution in [-0.4, -0.2) is 45.0 Å². The van der Waals surface area contributed by atoms with Gasteiger partial charge in [-0.1, -0.05) is 6.07 Å². The van der Waals surface area contributed by atoms with Gasteiger partial charge in [0.25, 0.3) is 5.91 Å². The summed E-state index contributed by atoms with van der Waals surface area (Å²) >= 11 is 1.47. The van der Waals surface area contributed by atoms with E-state index in [4.69, 9.17) is 0 Å². The number of nitrogens with one attached hydrogen (secondary N) is 2. The van der Waals surface area contributed by atoms with Gasteiger partial charge in [0, 0.05) is 43.2 Å². The number of hydrogen-bond donors (Lipinski definition) is 2. The molecule has 0 fully saturated rings. The second-order valence-electron chi connectivity index (χ2n) is 6.93. The van der Waals surface area contributed by atoms with E-state index in [2.05, 4.69) is 20.1 Å². The molecule has 3 amide bonds. The lowest BCUT2D eigenvalue weighted by molar-refractivity contribution is -0.131. The van der Waals surface area contributed by atoms with Crippen molar-refractivity contribution in [2.75, 3.05) is 18.4 Å². The lowest BCUT2D eigenvalue weighted by Gasteiger charge is -2.24. The van der Waals surface area contributed by atoms with Crippen molar-refractivity contribution in [2.24, 2.45) is 5.10 Å². The molecule has 0 spiro atoms. The zero-order chi connectivity index (χ0) is 19.1. The highest BCUT2D eigenvalue weighted by molar-refractivity contribution is 7.06. The summed E-state index contributed by atoms with van der Waals surface area (Å²) in [5, 5.41) is 11.7. The van der Waals surface area contributed by atoms with Crippen LogP contribution in [0.4, 0.5) is 10.5 Å². The van der Waals surface area contributed by atoms with Gasteiger partial charge in [0.2, 0.25) is 0 Å². The Morgan fingerprint density at radius 2 is 2.21 bits per heavy atom. The molecule has 1 aromatic heterocycles. The highest BCUT2D eigenvalue weighted by atomic mass is 32.1. The van der Waals surface area contributed by atoms with E-state index in [0.29, 0.717) is 26.2 Å². The zero-order valence-electron chi connectivity index (χ0n) is 15.0. The van der Waals surface area contributed by atoms with Crippen molar-refractivity contribution in [1.29, 1.82) is 0 Å². The number of amides is 3. The number of hydrazone groups is 1. The zero-order valence-corrected chi connectivity index (χ0v) is 15.8. The molecule has 142 valence electrons. The lowest BCUT2D eigenvalue weighted by atomic mass is 10.0. The molecule has 1 aromatic carbocycles. The first kappa shape index (κ1) is 16.9. The van der Waals surface area contributed by atoms with Crippen LogP contribution in [0.15, 0.2) is 35.7 Å². The van der Waals surface area contributed by atoms with Crippen molar-refractivity contribution in [3.63, 3.8) is 0 Å². The largest absolute Gasteiger partial charge is 0.364 e. The monoisotopic (exact) mass is 394 g/mol. The number of anilines is 1. The summed E-state index contributed by atoms with van der Waals surface area (Å²) in [6, 6.07) is 5.66. The fraction of sp³-hybridized carbons (Fsp3) is 0.263. The topological polar surface area (TPSA) is 89.9 Å². The van der Waals surface area contributed by atoms with Crippen LogP contribution in [0.5, 0.6) is 0 Å². The van der Waals surface area contributed by atoms with Crippen LogP contribution in [0.1, 0.15) is 28.0 Å². The summed E-state index contributed by atoms with van der Waals surface area (Å²) < 4.78 is 4.19. The number of nitrogens with zero attached hydrogens (tertiary/aromatic N) is 4. The fourth-order valence-corrected chi connectivity index (χ4v) is 4.21. The van der Waals surface area contributed by atoms with Crippen LogP contribution in [0, 0.1) is 0 Å². The Hall–Kier alpha value is -3.20. The van der Waals surface area contributed by atoms with Crippen molar-refractivity contribution in [3.05, 3.63) is 52.2 Å². The van der Waals surface area contributed by atoms with Crippen LogP contribution in [0.2, 0.25) is 0 Å². The third kappa shape index (κ3) is 3.13. The molecule has 8 nitrogen and oxygen atoms in total. The van der Waals surface area contributed by atoms with Gasteiger partial charge in [-0.3, -0.25) is 4.79 Å². The standard InChI is InChI=1S/C19H18N6O2S/c26-18(11-24-5-4-17-14(10-24)9-21-28-17)25-6-3-16(23-25)12-1-2-15-13(7-12)8-20-19(27)22-15/h1-2,4-5,7,9H,3,6,8,10-11H2,(H2,20,22,27). The second-order valence-corrected chi connectivity index (χ2v) is 7.76. The van der Waals surface area contributed by atoms with Crippen LogP contribution >= 0.6 is 11.5 Å². The molecule has 0 unspecified atom stereocenters. The van der Waals surface area contributed by atoms with Gasteiger partial charge in [-0.05, 0) is 40.9 Å². The van der Waals surface area contributed by atoms with Crippen LogP contribution in [-0.2, 0) is 17.9 Å². The molecule has 3 aliphatic heterocycles. The predicted octanol–water partition coefficient (Wildman–Crippen LogP) is 2.20. The second kappa shape index (κ2) is 6.75. The van der Waals surface area contributed by atoms with Crippen molar-refractivity contribution in [1.82, 2.24) is 19.6 Å². The van der Waals surface area contributed by atoms with E-state index >= 15 is 0 Å². The van der Waals surface area contributed by atoms with E-state index in [1.54, 1.807) is 5.01 Å². The Labute approximate surface area is 165 Å². The normalized spacial score (nSPS) is 17.6. The SMILES string of the molecule is O=C1NCc2cc(C3=NN(C(=O)CN4C=Cc5sncc5C4)CC3)ccc2N1. The average molecular weight is 394 g/mol. The Morgan fingerprint density at radius 3 is 3.14 bits per heavy atom. The molecule has 4 heterocycles. The number of rotatable bonds is 3. The molecule has 0 atom stereocenters. The summed E-state index contributed by atoms with van der Waals surface area (Å²) in [5.74, 6) is -0.0156. The number of urea groups is 1. The van der Waals surface area contributed by atoms with E-state index < -0.39 is 0 Å². The summed E-state index contributed by atoms with van der Waals surface area (Å²) in [5.41, 5.74) is 4.87. The minimum atomic E-state index is -0.188. The molecule has 3 aliphatic rings. The molecule has 0 saturated carbocycles. The summed E-state index contributed by atoms with van der Waals surface area (Å²) in [6.07, 6.45) is 6.53. The molecular weight excluding hydrogens is 376 g/mol. The van der Waals surface area contributed by atoms with Gasteiger partial charge in [0.15, 0.2) is 0 Å². The third-order valence-electron chi connectivity index (χ3n) is 5.04. The maximum Gasteiger partial charge on any atom is 0.319 e. The molecule has 0 bridgehead atoms.